The Morgan fingerprint density at radius 3 is 2.38 bits per heavy atom. The number of piperidine rings is 1. The van der Waals surface area contributed by atoms with Crippen molar-refractivity contribution < 1.29 is 22.7 Å². The van der Waals surface area contributed by atoms with Crippen LogP contribution >= 0.6 is 0 Å². The summed E-state index contributed by atoms with van der Waals surface area (Å²) in [6.07, 6.45) is 0.436. The summed E-state index contributed by atoms with van der Waals surface area (Å²) in [6.45, 7) is 4.40. The highest BCUT2D eigenvalue weighted by molar-refractivity contribution is 7.89. The summed E-state index contributed by atoms with van der Waals surface area (Å²) in [6, 6.07) is 7.77. The molecular weight excluding hydrogens is 396 g/mol. The third-order valence-electron chi connectivity index (χ3n) is 4.55. The minimum Gasteiger partial charge on any atom is -0.474 e. The molecule has 156 valence electrons. The zero-order valence-corrected chi connectivity index (χ0v) is 17.4. The number of methoxy groups -OCH3 is 1. The molecular formula is C19H24N4O5S. The number of amides is 1. The van der Waals surface area contributed by atoms with Gasteiger partial charge in [0, 0.05) is 30.5 Å². The van der Waals surface area contributed by atoms with Crippen LogP contribution in [0.3, 0.4) is 0 Å². The number of anilines is 1. The van der Waals surface area contributed by atoms with Gasteiger partial charge in [-0.25, -0.2) is 18.2 Å². The second-order valence-corrected chi connectivity index (χ2v) is 8.69. The van der Waals surface area contributed by atoms with Crippen molar-refractivity contribution in [1.82, 2.24) is 14.3 Å². The topological polar surface area (TPSA) is 111 Å². The normalized spacial score (nSPS) is 15.7. The second-order valence-electron chi connectivity index (χ2n) is 6.76. The summed E-state index contributed by atoms with van der Waals surface area (Å²) in [5.41, 5.74) is 1.29. The lowest BCUT2D eigenvalue weighted by Crippen LogP contribution is -2.41. The van der Waals surface area contributed by atoms with Crippen molar-refractivity contribution >= 4 is 21.8 Å². The molecule has 1 aliphatic heterocycles. The Bertz CT molecular complexity index is 950. The lowest BCUT2D eigenvalue weighted by molar-refractivity contribution is 0.129. The molecule has 29 heavy (non-hydrogen) atoms. The molecule has 0 saturated carbocycles. The monoisotopic (exact) mass is 420 g/mol. The van der Waals surface area contributed by atoms with Gasteiger partial charge in [0.2, 0.25) is 15.9 Å². The smallest absolute Gasteiger partial charge is 0.411 e. The summed E-state index contributed by atoms with van der Waals surface area (Å²) in [4.78, 5) is 19.9. The molecule has 0 unspecified atom stereocenters. The van der Waals surface area contributed by atoms with Crippen molar-refractivity contribution in [3.05, 3.63) is 41.9 Å². The molecule has 1 aromatic carbocycles. The number of benzene rings is 1. The molecule has 0 aliphatic carbocycles. The Labute approximate surface area is 170 Å². The largest absolute Gasteiger partial charge is 0.474 e. The quantitative estimate of drug-likeness (QED) is 0.791. The molecule has 1 fully saturated rings. The second kappa shape index (κ2) is 8.75. The van der Waals surface area contributed by atoms with Crippen LogP contribution < -0.4 is 10.1 Å². The van der Waals surface area contributed by atoms with Crippen molar-refractivity contribution in [2.24, 2.45) is 0 Å². The number of rotatable bonds is 5. The van der Waals surface area contributed by atoms with Crippen LogP contribution in [0.2, 0.25) is 0 Å². The van der Waals surface area contributed by atoms with E-state index in [4.69, 9.17) is 4.74 Å². The molecule has 0 spiro atoms. The van der Waals surface area contributed by atoms with E-state index in [1.807, 2.05) is 6.92 Å². The first-order chi connectivity index (χ1) is 13.8. The number of nitrogens with one attached hydrogen (secondary N) is 1. The van der Waals surface area contributed by atoms with Crippen molar-refractivity contribution in [1.29, 1.82) is 0 Å². The van der Waals surface area contributed by atoms with E-state index < -0.39 is 16.1 Å². The van der Waals surface area contributed by atoms with Gasteiger partial charge in [0.15, 0.2) is 0 Å². The minimum absolute atomic E-state index is 0.0956. The number of carbonyl (C=O) groups excluding carboxylic acids is 1. The zero-order valence-electron chi connectivity index (χ0n) is 16.6. The Balaban J connectivity index is 1.61. The molecule has 0 atom stereocenters. The van der Waals surface area contributed by atoms with Crippen LogP contribution in [0.5, 0.6) is 5.88 Å². The van der Waals surface area contributed by atoms with E-state index >= 15 is 0 Å². The van der Waals surface area contributed by atoms with E-state index in [0.29, 0.717) is 43.3 Å². The predicted molar refractivity (Wildman–Crippen MR) is 106 cm³/mol. The highest BCUT2D eigenvalue weighted by Crippen LogP contribution is 2.24. The van der Waals surface area contributed by atoms with Crippen molar-refractivity contribution in [3.8, 4) is 5.88 Å². The van der Waals surface area contributed by atoms with Gasteiger partial charge in [-0.3, -0.25) is 5.32 Å². The summed E-state index contributed by atoms with van der Waals surface area (Å²) in [7, 11) is -2.36. The fourth-order valence-electron chi connectivity index (χ4n) is 3.13. The number of carbonyl (C=O) groups is 1. The molecule has 10 heteroatoms. The third-order valence-corrected chi connectivity index (χ3v) is 6.47. The number of hydrogen-bond acceptors (Lipinski definition) is 7. The van der Waals surface area contributed by atoms with E-state index in [1.54, 1.807) is 13.0 Å². The van der Waals surface area contributed by atoms with Gasteiger partial charge in [-0.05, 0) is 51.0 Å². The number of hydrogen-bond donors (Lipinski definition) is 1. The zero-order chi connectivity index (χ0) is 21.0. The van der Waals surface area contributed by atoms with Gasteiger partial charge in [0.1, 0.15) is 11.9 Å². The van der Waals surface area contributed by atoms with Gasteiger partial charge in [-0.1, -0.05) is 0 Å². The number of ether oxygens (including phenoxy) is 2. The van der Waals surface area contributed by atoms with Gasteiger partial charge in [-0.2, -0.15) is 9.29 Å². The fourth-order valence-corrected chi connectivity index (χ4v) is 4.60. The first-order valence-electron chi connectivity index (χ1n) is 9.22. The van der Waals surface area contributed by atoms with E-state index in [2.05, 4.69) is 20.0 Å². The minimum atomic E-state index is -3.61. The molecule has 2 aromatic rings. The maximum Gasteiger partial charge on any atom is 0.411 e. The number of nitrogens with zero attached hydrogens (tertiary/aromatic N) is 3. The molecule has 2 heterocycles. The van der Waals surface area contributed by atoms with Crippen LogP contribution in [0.15, 0.2) is 35.2 Å². The molecule has 3 rings (SSSR count). The van der Waals surface area contributed by atoms with Gasteiger partial charge in [0.25, 0.3) is 0 Å². The molecule has 9 nitrogen and oxygen atoms in total. The number of sulfonamides is 1. The highest BCUT2D eigenvalue weighted by atomic mass is 32.2. The van der Waals surface area contributed by atoms with Gasteiger partial charge in [0.05, 0.1) is 12.0 Å². The lowest BCUT2D eigenvalue weighted by atomic mass is 10.1. The molecule has 0 radical (unpaired) electrons. The maximum atomic E-state index is 12.9. The lowest BCUT2D eigenvalue weighted by Gasteiger charge is -2.31. The fraction of sp³-hybridized carbons (Fsp3) is 0.421. The summed E-state index contributed by atoms with van der Waals surface area (Å²) >= 11 is 0. The first-order valence-corrected chi connectivity index (χ1v) is 10.7. The van der Waals surface area contributed by atoms with Crippen molar-refractivity contribution in [2.75, 3.05) is 25.5 Å². The van der Waals surface area contributed by atoms with Crippen LogP contribution in [0.1, 0.15) is 24.4 Å². The van der Waals surface area contributed by atoms with E-state index in [1.165, 1.54) is 35.7 Å². The van der Waals surface area contributed by atoms with E-state index in [-0.39, 0.29) is 11.0 Å². The standard InChI is InChI=1S/C19H24N4O5S/c1-13-12-18(21-14(2)20-13)28-16-8-10-23(11-9-16)29(25,26)17-6-4-15(5-7-17)22-19(24)27-3/h4-7,12,16H,8-11H2,1-3H3,(H,22,24). The average Bonchev–Trinajstić information content (AvgIpc) is 2.68. The number of aromatic nitrogens is 2. The van der Waals surface area contributed by atoms with E-state index in [0.717, 1.165) is 5.69 Å². The molecule has 1 amide bonds. The SMILES string of the molecule is COC(=O)Nc1ccc(S(=O)(=O)N2CCC(Oc3cc(C)nc(C)n3)CC2)cc1. The van der Waals surface area contributed by atoms with Crippen LogP contribution in [-0.2, 0) is 14.8 Å². The molecule has 1 saturated heterocycles. The van der Waals surface area contributed by atoms with Crippen LogP contribution in [0.25, 0.3) is 0 Å². The number of aryl methyl sites for hydroxylation is 2. The first kappa shape index (κ1) is 21.0. The van der Waals surface area contributed by atoms with E-state index in [9.17, 15) is 13.2 Å². The summed E-state index contributed by atoms with van der Waals surface area (Å²) in [5, 5.41) is 2.49. The molecule has 1 aromatic heterocycles. The van der Waals surface area contributed by atoms with Crippen molar-refractivity contribution in [2.45, 2.75) is 37.7 Å². The summed E-state index contributed by atoms with van der Waals surface area (Å²) < 4.78 is 37.7. The van der Waals surface area contributed by atoms with Crippen LogP contribution in [0.4, 0.5) is 10.5 Å². The van der Waals surface area contributed by atoms with Crippen molar-refractivity contribution in [3.63, 3.8) is 0 Å². The van der Waals surface area contributed by atoms with Gasteiger partial charge >= 0.3 is 6.09 Å². The Morgan fingerprint density at radius 1 is 1.14 bits per heavy atom. The average molecular weight is 420 g/mol. The van der Waals surface area contributed by atoms with Gasteiger partial charge in [-0.15, -0.1) is 0 Å². The molecule has 1 aliphatic rings. The molecule has 1 N–H and O–H groups in total. The Hall–Kier alpha value is -2.72. The summed E-state index contributed by atoms with van der Waals surface area (Å²) in [5.74, 6) is 1.16. The third kappa shape index (κ3) is 5.21. The maximum absolute atomic E-state index is 12.9. The van der Waals surface area contributed by atoms with Gasteiger partial charge < -0.3 is 9.47 Å². The highest BCUT2D eigenvalue weighted by Gasteiger charge is 2.30. The van der Waals surface area contributed by atoms with Crippen LogP contribution in [-0.4, -0.2) is 55.1 Å². The Kier molecular flexibility index (Phi) is 6.33. The Morgan fingerprint density at radius 2 is 1.79 bits per heavy atom. The molecule has 0 bridgehead atoms. The van der Waals surface area contributed by atoms with Crippen LogP contribution in [0, 0.1) is 13.8 Å². The predicted octanol–water partition coefficient (Wildman–Crippen LogP) is 2.50.